The highest BCUT2D eigenvalue weighted by atomic mass is 16.2. The first-order chi connectivity index (χ1) is 8.31. The van der Waals surface area contributed by atoms with E-state index in [-0.39, 0.29) is 11.8 Å². The second-order valence-electron chi connectivity index (χ2n) is 5.18. The Morgan fingerprint density at radius 1 is 1.29 bits per heavy atom. The Labute approximate surface area is 102 Å². The highest BCUT2D eigenvalue weighted by molar-refractivity contribution is 5.79. The van der Waals surface area contributed by atoms with Crippen LogP contribution in [0.2, 0.25) is 0 Å². The molecule has 17 heavy (non-hydrogen) atoms. The van der Waals surface area contributed by atoms with E-state index in [0.717, 1.165) is 19.4 Å². The lowest BCUT2D eigenvalue weighted by atomic mass is 10.1. The van der Waals surface area contributed by atoms with E-state index in [1.807, 2.05) is 4.90 Å². The molecule has 1 heterocycles. The largest absolute Gasteiger partial charge is 0.339 e. The first-order valence-corrected chi connectivity index (χ1v) is 6.61. The minimum absolute atomic E-state index is 0.238. The Bertz CT molecular complexity index is 316. The van der Waals surface area contributed by atoms with Gasteiger partial charge in [0.25, 0.3) is 0 Å². The van der Waals surface area contributed by atoms with Gasteiger partial charge < -0.3 is 4.90 Å². The average molecular weight is 236 g/mol. The summed E-state index contributed by atoms with van der Waals surface area (Å²) in [6.45, 7) is 1.26. The molecule has 1 amide bonds. The maximum atomic E-state index is 12.0. The van der Waals surface area contributed by atoms with E-state index < -0.39 is 0 Å². The molecule has 0 bridgehead atoms. The monoisotopic (exact) mass is 236 g/mol. The number of carbonyl (C=O) groups is 1. The molecule has 0 radical (unpaired) electrons. The van der Waals surface area contributed by atoms with E-state index in [0.29, 0.717) is 19.0 Å². The fraction of sp³-hybridized carbons (Fsp3) is 0.917. The van der Waals surface area contributed by atoms with Crippen LogP contribution in [0.1, 0.15) is 44.9 Å². The Kier molecular flexibility index (Phi) is 4.26. The van der Waals surface area contributed by atoms with Crippen LogP contribution in [-0.4, -0.2) is 29.9 Å². The Morgan fingerprint density at radius 2 is 2.00 bits per heavy atom. The van der Waals surface area contributed by atoms with Crippen LogP contribution in [0.25, 0.3) is 10.4 Å². The zero-order chi connectivity index (χ0) is 12.1. The molecule has 0 aromatic rings. The fourth-order valence-electron chi connectivity index (χ4n) is 3.01. The zero-order valence-corrected chi connectivity index (χ0v) is 10.2. The number of amides is 1. The number of nitrogens with zero attached hydrogens (tertiary/aromatic N) is 4. The van der Waals surface area contributed by atoms with Gasteiger partial charge >= 0.3 is 0 Å². The summed E-state index contributed by atoms with van der Waals surface area (Å²) in [5.74, 6) is 0.497. The highest BCUT2D eigenvalue weighted by Gasteiger charge is 2.33. The first kappa shape index (κ1) is 12.2. The number of rotatable bonds is 3. The molecule has 0 aromatic carbocycles. The van der Waals surface area contributed by atoms with Gasteiger partial charge in [0.05, 0.1) is 0 Å². The summed E-state index contributed by atoms with van der Waals surface area (Å²) in [5.41, 5.74) is 8.30. The summed E-state index contributed by atoms with van der Waals surface area (Å²) in [4.78, 5) is 16.8. The number of carbonyl (C=O) groups excluding carboxylic acids is 1. The third kappa shape index (κ3) is 3.13. The molecule has 2 aliphatic rings. The van der Waals surface area contributed by atoms with Crippen LogP contribution < -0.4 is 0 Å². The predicted molar refractivity (Wildman–Crippen MR) is 65.3 cm³/mol. The topological polar surface area (TPSA) is 69.1 Å². The highest BCUT2D eigenvalue weighted by Crippen LogP contribution is 2.28. The normalized spacial score (nSPS) is 26.7. The molecule has 1 aliphatic carbocycles. The Morgan fingerprint density at radius 3 is 2.65 bits per heavy atom. The minimum Gasteiger partial charge on any atom is -0.339 e. The van der Waals surface area contributed by atoms with E-state index in [4.69, 9.17) is 5.53 Å². The molecule has 1 unspecified atom stereocenters. The van der Waals surface area contributed by atoms with Gasteiger partial charge in [-0.15, -0.1) is 0 Å². The van der Waals surface area contributed by atoms with Gasteiger partial charge in [0, 0.05) is 30.5 Å². The Balaban J connectivity index is 1.91. The number of azide groups is 1. The summed E-state index contributed by atoms with van der Waals surface area (Å²) in [6, 6.07) is 0.445. The molecule has 2 rings (SSSR count). The van der Waals surface area contributed by atoms with Crippen molar-refractivity contribution < 1.29 is 4.79 Å². The molecule has 94 valence electrons. The second-order valence-corrected chi connectivity index (χ2v) is 5.18. The second kappa shape index (κ2) is 5.92. The number of hydrogen-bond acceptors (Lipinski definition) is 2. The summed E-state index contributed by atoms with van der Waals surface area (Å²) in [5, 5.41) is 3.59. The molecule has 1 atom stereocenters. The molecule has 5 heteroatoms. The SMILES string of the molecule is [N-]=[N+]=NCC1CC(=O)N(C2CCCCCC2)C1. The van der Waals surface area contributed by atoms with Crippen LogP contribution in [0.15, 0.2) is 5.11 Å². The maximum Gasteiger partial charge on any atom is 0.223 e. The van der Waals surface area contributed by atoms with Crippen molar-refractivity contribution >= 4 is 5.91 Å². The van der Waals surface area contributed by atoms with E-state index >= 15 is 0 Å². The molecular weight excluding hydrogens is 216 g/mol. The van der Waals surface area contributed by atoms with E-state index in [2.05, 4.69) is 10.0 Å². The molecule has 2 fully saturated rings. The van der Waals surface area contributed by atoms with Gasteiger partial charge in [0.1, 0.15) is 0 Å². The number of hydrogen-bond donors (Lipinski definition) is 0. The van der Waals surface area contributed by atoms with Gasteiger partial charge in [-0.25, -0.2) is 0 Å². The van der Waals surface area contributed by atoms with Crippen LogP contribution in [0.4, 0.5) is 0 Å². The van der Waals surface area contributed by atoms with Crippen molar-refractivity contribution in [1.82, 2.24) is 4.90 Å². The quantitative estimate of drug-likeness (QED) is 0.321. The maximum absolute atomic E-state index is 12.0. The average Bonchev–Trinajstić information content (AvgIpc) is 2.56. The van der Waals surface area contributed by atoms with Crippen molar-refractivity contribution in [2.24, 2.45) is 11.0 Å². The van der Waals surface area contributed by atoms with Crippen LogP contribution in [0, 0.1) is 5.92 Å². The lowest BCUT2D eigenvalue weighted by Gasteiger charge is -2.27. The van der Waals surface area contributed by atoms with Crippen molar-refractivity contribution in [3.05, 3.63) is 10.4 Å². The van der Waals surface area contributed by atoms with E-state index in [1.165, 1.54) is 25.7 Å². The predicted octanol–water partition coefficient (Wildman–Crippen LogP) is 2.87. The van der Waals surface area contributed by atoms with Gasteiger partial charge in [-0.3, -0.25) is 4.79 Å². The summed E-state index contributed by atoms with van der Waals surface area (Å²) < 4.78 is 0. The third-order valence-electron chi connectivity index (χ3n) is 3.91. The standard InChI is InChI=1S/C12H20N4O/c13-15-14-8-10-7-12(17)16(9-10)11-5-3-1-2-4-6-11/h10-11H,1-9H2. The van der Waals surface area contributed by atoms with Crippen molar-refractivity contribution in [1.29, 1.82) is 0 Å². The van der Waals surface area contributed by atoms with Gasteiger partial charge in [-0.1, -0.05) is 30.8 Å². The molecule has 0 aromatic heterocycles. The zero-order valence-electron chi connectivity index (χ0n) is 10.2. The van der Waals surface area contributed by atoms with Crippen molar-refractivity contribution in [3.8, 4) is 0 Å². The van der Waals surface area contributed by atoms with Gasteiger partial charge in [0.2, 0.25) is 5.91 Å². The molecule has 0 spiro atoms. The fourth-order valence-corrected chi connectivity index (χ4v) is 3.01. The summed E-state index contributed by atoms with van der Waals surface area (Å²) >= 11 is 0. The van der Waals surface area contributed by atoms with E-state index in [1.54, 1.807) is 0 Å². The summed E-state index contributed by atoms with van der Waals surface area (Å²) in [6.07, 6.45) is 7.97. The van der Waals surface area contributed by atoms with Crippen LogP contribution in [0.3, 0.4) is 0 Å². The molecule has 1 saturated carbocycles. The van der Waals surface area contributed by atoms with Crippen molar-refractivity contribution in [3.63, 3.8) is 0 Å². The smallest absolute Gasteiger partial charge is 0.223 e. The molecule has 5 nitrogen and oxygen atoms in total. The van der Waals surface area contributed by atoms with Gasteiger partial charge in [-0.2, -0.15) is 0 Å². The molecule has 0 N–H and O–H groups in total. The minimum atomic E-state index is 0.238. The number of likely N-dealkylation sites (tertiary alicyclic amines) is 1. The Hall–Kier alpha value is -1.22. The third-order valence-corrected chi connectivity index (χ3v) is 3.91. The van der Waals surface area contributed by atoms with Gasteiger partial charge in [-0.05, 0) is 24.3 Å². The van der Waals surface area contributed by atoms with Crippen LogP contribution in [-0.2, 0) is 4.79 Å². The van der Waals surface area contributed by atoms with Crippen molar-refractivity contribution in [2.75, 3.05) is 13.1 Å². The lowest BCUT2D eigenvalue weighted by Crippen LogP contribution is -2.36. The van der Waals surface area contributed by atoms with Crippen LogP contribution >= 0.6 is 0 Å². The van der Waals surface area contributed by atoms with E-state index in [9.17, 15) is 4.79 Å². The molecule has 1 saturated heterocycles. The molecule has 1 aliphatic heterocycles. The molecular formula is C12H20N4O. The lowest BCUT2D eigenvalue weighted by molar-refractivity contribution is -0.129. The first-order valence-electron chi connectivity index (χ1n) is 6.61. The van der Waals surface area contributed by atoms with Crippen molar-refractivity contribution in [2.45, 2.75) is 51.0 Å². The van der Waals surface area contributed by atoms with Crippen LogP contribution in [0.5, 0.6) is 0 Å². The van der Waals surface area contributed by atoms with Gasteiger partial charge in [0.15, 0.2) is 0 Å². The summed E-state index contributed by atoms with van der Waals surface area (Å²) in [7, 11) is 0.